The molecule has 3 heteroatoms. The van der Waals surface area contributed by atoms with Crippen LogP contribution in [0.2, 0.25) is 0 Å². The first-order valence-corrected chi connectivity index (χ1v) is 7.14. The zero-order valence-electron chi connectivity index (χ0n) is 10.7. The number of rotatable bonds is 2. The Labute approximate surface area is 103 Å². The summed E-state index contributed by atoms with van der Waals surface area (Å²) in [6.07, 6.45) is 6.59. The molecule has 1 N–H and O–H groups in total. The Hall–Kier alpha value is -0.120. The molecule has 1 aliphatic carbocycles. The van der Waals surface area contributed by atoms with Crippen molar-refractivity contribution < 1.29 is 14.6 Å². The molecule has 0 aromatic rings. The Bertz CT molecular complexity index is 275. The lowest BCUT2D eigenvalue weighted by Crippen LogP contribution is -2.50. The van der Waals surface area contributed by atoms with Crippen LogP contribution in [0.25, 0.3) is 0 Å². The molecule has 1 saturated carbocycles. The normalized spacial score (nSPS) is 42.4. The van der Waals surface area contributed by atoms with E-state index < -0.39 is 0 Å². The van der Waals surface area contributed by atoms with E-state index in [0.717, 1.165) is 32.5 Å². The summed E-state index contributed by atoms with van der Waals surface area (Å²) in [5.41, 5.74) is 0.131. The van der Waals surface area contributed by atoms with E-state index in [1.807, 2.05) is 0 Å². The van der Waals surface area contributed by atoms with Gasteiger partial charge in [0, 0.05) is 13.2 Å². The van der Waals surface area contributed by atoms with Crippen LogP contribution in [0.4, 0.5) is 0 Å². The summed E-state index contributed by atoms with van der Waals surface area (Å²) >= 11 is 0. The smallest absolute Gasteiger partial charge is 0.0862 e. The average molecular weight is 240 g/mol. The molecule has 3 aliphatic rings. The molecule has 4 atom stereocenters. The van der Waals surface area contributed by atoms with Gasteiger partial charge < -0.3 is 14.6 Å². The molecular formula is C14H24O3. The van der Waals surface area contributed by atoms with E-state index in [-0.39, 0.29) is 17.8 Å². The predicted octanol–water partition coefficient (Wildman–Crippen LogP) is 2.12. The van der Waals surface area contributed by atoms with E-state index in [1.165, 1.54) is 19.3 Å². The summed E-state index contributed by atoms with van der Waals surface area (Å²) in [5.74, 6) is 0.889. The predicted molar refractivity (Wildman–Crippen MR) is 64.8 cm³/mol. The van der Waals surface area contributed by atoms with Crippen LogP contribution in [0.5, 0.6) is 0 Å². The number of hydrogen-bond donors (Lipinski definition) is 1. The summed E-state index contributed by atoms with van der Waals surface area (Å²) in [7, 11) is 0. The Morgan fingerprint density at radius 2 is 2.06 bits per heavy atom. The van der Waals surface area contributed by atoms with Crippen LogP contribution < -0.4 is 0 Å². The van der Waals surface area contributed by atoms with Gasteiger partial charge in [0.25, 0.3) is 0 Å². The lowest BCUT2D eigenvalue weighted by Gasteiger charge is -2.48. The SMILES string of the molecule is CC1CCOC1C(O)C1CCOC2(CCC2)C1. The van der Waals surface area contributed by atoms with Gasteiger partial charge in [-0.05, 0) is 50.4 Å². The van der Waals surface area contributed by atoms with Gasteiger partial charge >= 0.3 is 0 Å². The maximum atomic E-state index is 10.5. The zero-order chi connectivity index (χ0) is 11.9. The highest BCUT2D eigenvalue weighted by Gasteiger charge is 2.46. The first-order valence-electron chi connectivity index (χ1n) is 7.14. The lowest BCUT2D eigenvalue weighted by atomic mass is 9.70. The summed E-state index contributed by atoms with van der Waals surface area (Å²) in [4.78, 5) is 0. The van der Waals surface area contributed by atoms with E-state index in [0.29, 0.717) is 11.8 Å². The van der Waals surface area contributed by atoms with E-state index in [2.05, 4.69) is 6.92 Å². The first kappa shape index (κ1) is 11.9. The molecule has 0 aromatic heterocycles. The van der Waals surface area contributed by atoms with Gasteiger partial charge in [-0.2, -0.15) is 0 Å². The molecule has 2 aliphatic heterocycles. The van der Waals surface area contributed by atoms with Crippen molar-refractivity contribution >= 4 is 0 Å². The Morgan fingerprint density at radius 1 is 1.24 bits per heavy atom. The van der Waals surface area contributed by atoms with Crippen molar-refractivity contribution in [1.29, 1.82) is 0 Å². The summed E-state index contributed by atoms with van der Waals surface area (Å²) in [6.45, 7) is 3.83. The standard InChI is InChI=1S/C14H24O3/c1-10-3-7-16-13(10)12(15)11-4-8-17-14(9-11)5-2-6-14/h10-13,15H,2-9H2,1H3. The van der Waals surface area contributed by atoms with Gasteiger partial charge in [-0.25, -0.2) is 0 Å². The molecule has 0 radical (unpaired) electrons. The van der Waals surface area contributed by atoms with E-state index in [1.54, 1.807) is 0 Å². The molecular weight excluding hydrogens is 216 g/mol. The number of aliphatic hydroxyl groups excluding tert-OH is 1. The Balaban J connectivity index is 1.63. The molecule has 0 bridgehead atoms. The van der Waals surface area contributed by atoms with Gasteiger partial charge in [0.05, 0.1) is 17.8 Å². The van der Waals surface area contributed by atoms with Gasteiger partial charge in [-0.1, -0.05) is 6.92 Å². The van der Waals surface area contributed by atoms with Crippen LogP contribution in [-0.2, 0) is 9.47 Å². The second kappa shape index (κ2) is 4.52. The van der Waals surface area contributed by atoms with Crippen LogP contribution in [0.3, 0.4) is 0 Å². The fourth-order valence-corrected chi connectivity index (χ4v) is 3.70. The number of aliphatic hydroxyl groups is 1. The third-order valence-electron chi connectivity index (χ3n) is 5.06. The Morgan fingerprint density at radius 3 is 2.65 bits per heavy atom. The molecule has 17 heavy (non-hydrogen) atoms. The molecule has 3 fully saturated rings. The van der Waals surface area contributed by atoms with E-state index >= 15 is 0 Å². The number of ether oxygens (including phenoxy) is 2. The molecule has 1 spiro atoms. The first-order chi connectivity index (χ1) is 8.20. The average Bonchev–Trinajstić information content (AvgIpc) is 2.73. The van der Waals surface area contributed by atoms with Gasteiger partial charge in [0.15, 0.2) is 0 Å². The number of hydrogen-bond acceptors (Lipinski definition) is 3. The minimum absolute atomic E-state index is 0.0650. The molecule has 4 unspecified atom stereocenters. The third kappa shape index (κ3) is 2.13. The van der Waals surface area contributed by atoms with Gasteiger partial charge in [0.1, 0.15) is 0 Å². The maximum absolute atomic E-state index is 10.5. The van der Waals surface area contributed by atoms with Crippen molar-refractivity contribution in [2.24, 2.45) is 11.8 Å². The Kier molecular flexibility index (Phi) is 3.18. The second-order valence-corrected chi connectivity index (χ2v) is 6.23. The lowest BCUT2D eigenvalue weighted by molar-refractivity contribution is -0.168. The molecule has 0 aromatic carbocycles. The molecule has 98 valence electrons. The largest absolute Gasteiger partial charge is 0.390 e. The van der Waals surface area contributed by atoms with Gasteiger partial charge in [0.2, 0.25) is 0 Å². The second-order valence-electron chi connectivity index (χ2n) is 6.23. The van der Waals surface area contributed by atoms with Crippen molar-refractivity contribution in [3.8, 4) is 0 Å². The summed E-state index contributed by atoms with van der Waals surface area (Å²) < 4.78 is 11.6. The third-order valence-corrected chi connectivity index (χ3v) is 5.06. The summed E-state index contributed by atoms with van der Waals surface area (Å²) in [5, 5.41) is 10.5. The van der Waals surface area contributed by atoms with Crippen LogP contribution in [0, 0.1) is 11.8 Å². The van der Waals surface area contributed by atoms with Crippen molar-refractivity contribution in [2.45, 2.75) is 63.3 Å². The van der Waals surface area contributed by atoms with Gasteiger partial charge in [-0.15, -0.1) is 0 Å². The zero-order valence-corrected chi connectivity index (χ0v) is 10.7. The fraction of sp³-hybridized carbons (Fsp3) is 1.00. The van der Waals surface area contributed by atoms with Crippen LogP contribution in [0.15, 0.2) is 0 Å². The van der Waals surface area contributed by atoms with Crippen molar-refractivity contribution in [3.63, 3.8) is 0 Å². The summed E-state index contributed by atoms with van der Waals surface area (Å²) in [6, 6.07) is 0. The van der Waals surface area contributed by atoms with Crippen LogP contribution in [0.1, 0.15) is 45.4 Å². The molecule has 3 rings (SSSR count). The molecule has 3 nitrogen and oxygen atoms in total. The highest BCUT2D eigenvalue weighted by molar-refractivity contribution is 4.97. The van der Waals surface area contributed by atoms with Crippen molar-refractivity contribution in [2.75, 3.05) is 13.2 Å². The molecule has 2 heterocycles. The quantitative estimate of drug-likeness (QED) is 0.803. The fourth-order valence-electron chi connectivity index (χ4n) is 3.70. The van der Waals surface area contributed by atoms with E-state index in [9.17, 15) is 5.11 Å². The maximum Gasteiger partial charge on any atom is 0.0862 e. The van der Waals surface area contributed by atoms with Gasteiger partial charge in [-0.3, -0.25) is 0 Å². The van der Waals surface area contributed by atoms with Crippen LogP contribution in [-0.4, -0.2) is 36.1 Å². The monoisotopic (exact) mass is 240 g/mol. The van der Waals surface area contributed by atoms with E-state index in [4.69, 9.17) is 9.47 Å². The minimum atomic E-state index is -0.283. The highest BCUT2D eigenvalue weighted by Crippen LogP contribution is 2.46. The van der Waals surface area contributed by atoms with Crippen LogP contribution >= 0.6 is 0 Å². The highest BCUT2D eigenvalue weighted by atomic mass is 16.5. The molecule has 0 amide bonds. The topological polar surface area (TPSA) is 38.7 Å². The van der Waals surface area contributed by atoms with Crippen molar-refractivity contribution in [3.05, 3.63) is 0 Å². The molecule has 2 saturated heterocycles. The van der Waals surface area contributed by atoms with Crippen molar-refractivity contribution in [1.82, 2.24) is 0 Å². The minimum Gasteiger partial charge on any atom is -0.390 e.